The molecule has 5 heteroatoms. The SMILES string of the molecule is CC(C)CNC(=O)CNC(=O)C1(C)CCNC1. The highest BCUT2D eigenvalue weighted by Gasteiger charge is 2.36. The number of nitrogens with one attached hydrogen (secondary N) is 3. The number of hydrogen-bond donors (Lipinski definition) is 3. The molecule has 1 aliphatic heterocycles. The zero-order valence-electron chi connectivity index (χ0n) is 10.9. The molecule has 0 aliphatic carbocycles. The minimum absolute atomic E-state index is 0.0396. The average Bonchev–Trinajstić information content (AvgIpc) is 2.71. The number of rotatable bonds is 5. The highest BCUT2D eigenvalue weighted by Crippen LogP contribution is 2.24. The summed E-state index contributed by atoms with van der Waals surface area (Å²) in [5.41, 5.74) is -0.363. The van der Waals surface area contributed by atoms with Crippen molar-refractivity contribution in [2.45, 2.75) is 27.2 Å². The van der Waals surface area contributed by atoms with Crippen LogP contribution in [0.15, 0.2) is 0 Å². The molecule has 0 saturated carbocycles. The lowest BCUT2D eigenvalue weighted by molar-refractivity contribution is -0.131. The Bertz CT molecular complexity index is 283. The predicted octanol–water partition coefficient (Wildman–Crippen LogP) is -0.126. The zero-order valence-corrected chi connectivity index (χ0v) is 10.9. The summed E-state index contributed by atoms with van der Waals surface area (Å²) in [5, 5.41) is 8.63. The van der Waals surface area contributed by atoms with Gasteiger partial charge in [0.05, 0.1) is 12.0 Å². The first-order chi connectivity index (χ1) is 7.94. The van der Waals surface area contributed by atoms with Crippen molar-refractivity contribution in [3.8, 4) is 0 Å². The summed E-state index contributed by atoms with van der Waals surface area (Å²) in [7, 11) is 0. The summed E-state index contributed by atoms with van der Waals surface area (Å²) in [5.74, 6) is 0.259. The molecule has 5 nitrogen and oxygen atoms in total. The molecular formula is C12H23N3O2. The van der Waals surface area contributed by atoms with Crippen molar-refractivity contribution in [2.24, 2.45) is 11.3 Å². The van der Waals surface area contributed by atoms with E-state index in [9.17, 15) is 9.59 Å². The molecular weight excluding hydrogens is 218 g/mol. The van der Waals surface area contributed by atoms with Crippen molar-refractivity contribution in [1.29, 1.82) is 0 Å². The number of amides is 2. The van der Waals surface area contributed by atoms with Crippen LogP contribution in [0.3, 0.4) is 0 Å². The Morgan fingerprint density at radius 2 is 2.06 bits per heavy atom. The average molecular weight is 241 g/mol. The van der Waals surface area contributed by atoms with E-state index in [2.05, 4.69) is 16.0 Å². The maximum atomic E-state index is 11.9. The van der Waals surface area contributed by atoms with Crippen molar-refractivity contribution in [3.63, 3.8) is 0 Å². The fourth-order valence-corrected chi connectivity index (χ4v) is 1.77. The Kier molecular flexibility index (Phi) is 4.93. The Labute approximate surface area is 103 Å². The predicted molar refractivity (Wildman–Crippen MR) is 66.5 cm³/mol. The molecule has 1 atom stereocenters. The van der Waals surface area contributed by atoms with E-state index in [1.54, 1.807) is 0 Å². The van der Waals surface area contributed by atoms with Gasteiger partial charge in [-0.25, -0.2) is 0 Å². The minimum atomic E-state index is -0.363. The molecule has 1 fully saturated rings. The van der Waals surface area contributed by atoms with E-state index < -0.39 is 0 Å². The standard InChI is InChI=1S/C12H23N3O2/c1-9(2)6-14-10(16)7-15-11(17)12(3)4-5-13-8-12/h9,13H,4-8H2,1-3H3,(H,14,16)(H,15,17). The Hall–Kier alpha value is -1.10. The van der Waals surface area contributed by atoms with Crippen LogP contribution in [0.4, 0.5) is 0 Å². The third kappa shape index (κ3) is 4.34. The highest BCUT2D eigenvalue weighted by molar-refractivity contribution is 5.88. The number of hydrogen-bond acceptors (Lipinski definition) is 3. The van der Waals surface area contributed by atoms with E-state index in [1.807, 2.05) is 20.8 Å². The lowest BCUT2D eigenvalue weighted by Gasteiger charge is -2.21. The summed E-state index contributed by atoms with van der Waals surface area (Å²) >= 11 is 0. The van der Waals surface area contributed by atoms with Crippen molar-refractivity contribution in [3.05, 3.63) is 0 Å². The first kappa shape index (κ1) is 14.0. The van der Waals surface area contributed by atoms with Gasteiger partial charge in [0.2, 0.25) is 11.8 Å². The van der Waals surface area contributed by atoms with E-state index >= 15 is 0 Å². The first-order valence-electron chi connectivity index (χ1n) is 6.20. The lowest BCUT2D eigenvalue weighted by atomic mass is 9.89. The van der Waals surface area contributed by atoms with Crippen LogP contribution in [0.25, 0.3) is 0 Å². The molecule has 17 heavy (non-hydrogen) atoms. The van der Waals surface area contributed by atoms with Crippen molar-refractivity contribution < 1.29 is 9.59 Å². The van der Waals surface area contributed by atoms with Gasteiger partial charge in [-0.1, -0.05) is 13.8 Å². The molecule has 0 aromatic heterocycles. The van der Waals surface area contributed by atoms with Gasteiger partial charge >= 0.3 is 0 Å². The molecule has 98 valence electrons. The molecule has 0 spiro atoms. The summed E-state index contributed by atoms with van der Waals surface area (Å²) in [6.45, 7) is 8.26. The van der Waals surface area contributed by atoms with E-state index in [1.165, 1.54) is 0 Å². The van der Waals surface area contributed by atoms with Gasteiger partial charge in [0, 0.05) is 13.1 Å². The molecule has 1 unspecified atom stereocenters. The Morgan fingerprint density at radius 1 is 1.35 bits per heavy atom. The van der Waals surface area contributed by atoms with Gasteiger partial charge in [-0.05, 0) is 25.8 Å². The second-order valence-electron chi connectivity index (χ2n) is 5.37. The smallest absolute Gasteiger partial charge is 0.239 e. The van der Waals surface area contributed by atoms with Crippen LogP contribution in [0, 0.1) is 11.3 Å². The van der Waals surface area contributed by atoms with Gasteiger partial charge in [-0.3, -0.25) is 9.59 Å². The van der Waals surface area contributed by atoms with Gasteiger partial charge in [0.1, 0.15) is 0 Å². The summed E-state index contributed by atoms with van der Waals surface area (Å²) in [4.78, 5) is 23.3. The van der Waals surface area contributed by atoms with Crippen LogP contribution in [-0.4, -0.2) is 38.0 Å². The molecule has 0 bridgehead atoms. The summed E-state index contributed by atoms with van der Waals surface area (Å²) < 4.78 is 0. The van der Waals surface area contributed by atoms with Gasteiger partial charge in [0.25, 0.3) is 0 Å². The Balaban J connectivity index is 2.25. The van der Waals surface area contributed by atoms with Crippen molar-refractivity contribution in [1.82, 2.24) is 16.0 Å². The molecule has 1 saturated heterocycles. The second kappa shape index (κ2) is 6.00. The van der Waals surface area contributed by atoms with E-state index in [4.69, 9.17) is 0 Å². The van der Waals surface area contributed by atoms with Gasteiger partial charge < -0.3 is 16.0 Å². The van der Waals surface area contributed by atoms with E-state index in [-0.39, 0.29) is 23.8 Å². The van der Waals surface area contributed by atoms with Crippen molar-refractivity contribution >= 4 is 11.8 Å². The number of carbonyl (C=O) groups excluding carboxylic acids is 2. The molecule has 2 amide bonds. The normalized spacial score (nSPS) is 23.8. The quantitative estimate of drug-likeness (QED) is 0.628. The van der Waals surface area contributed by atoms with E-state index in [0.29, 0.717) is 19.0 Å². The highest BCUT2D eigenvalue weighted by atomic mass is 16.2. The van der Waals surface area contributed by atoms with Crippen LogP contribution >= 0.6 is 0 Å². The van der Waals surface area contributed by atoms with Gasteiger partial charge in [0.15, 0.2) is 0 Å². The topological polar surface area (TPSA) is 70.2 Å². The molecule has 0 radical (unpaired) electrons. The largest absolute Gasteiger partial charge is 0.354 e. The molecule has 1 rings (SSSR count). The maximum absolute atomic E-state index is 11.9. The van der Waals surface area contributed by atoms with Crippen LogP contribution in [-0.2, 0) is 9.59 Å². The molecule has 1 aliphatic rings. The second-order valence-corrected chi connectivity index (χ2v) is 5.37. The summed E-state index contributed by atoms with van der Waals surface area (Å²) in [6, 6.07) is 0. The van der Waals surface area contributed by atoms with E-state index in [0.717, 1.165) is 13.0 Å². The fraction of sp³-hybridized carbons (Fsp3) is 0.833. The number of carbonyl (C=O) groups is 2. The Morgan fingerprint density at radius 3 is 2.59 bits per heavy atom. The third-order valence-electron chi connectivity index (χ3n) is 3.03. The molecule has 3 N–H and O–H groups in total. The monoisotopic (exact) mass is 241 g/mol. The van der Waals surface area contributed by atoms with Crippen LogP contribution in [0.1, 0.15) is 27.2 Å². The van der Waals surface area contributed by atoms with Crippen molar-refractivity contribution in [2.75, 3.05) is 26.2 Å². The molecule has 0 aromatic rings. The summed E-state index contributed by atoms with van der Waals surface area (Å²) in [6.07, 6.45) is 0.826. The maximum Gasteiger partial charge on any atom is 0.239 e. The minimum Gasteiger partial charge on any atom is -0.354 e. The first-order valence-corrected chi connectivity index (χ1v) is 6.20. The van der Waals surface area contributed by atoms with Gasteiger partial charge in [-0.2, -0.15) is 0 Å². The van der Waals surface area contributed by atoms with Crippen LogP contribution in [0.2, 0.25) is 0 Å². The molecule has 0 aromatic carbocycles. The molecule has 1 heterocycles. The van der Waals surface area contributed by atoms with Gasteiger partial charge in [-0.15, -0.1) is 0 Å². The van der Waals surface area contributed by atoms with Crippen LogP contribution in [0.5, 0.6) is 0 Å². The van der Waals surface area contributed by atoms with Crippen LogP contribution < -0.4 is 16.0 Å². The fourth-order valence-electron chi connectivity index (χ4n) is 1.77. The zero-order chi connectivity index (χ0) is 12.9. The lowest BCUT2D eigenvalue weighted by Crippen LogP contribution is -2.45. The third-order valence-corrected chi connectivity index (χ3v) is 3.03.